The molecule has 0 nitrogen and oxygen atoms in total. The van der Waals surface area contributed by atoms with E-state index in [0.29, 0.717) is 0 Å². The number of hydrogen-bond donors (Lipinski definition) is 0. The summed E-state index contributed by atoms with van der Waals surface area (Å²) < 4.78 is 0. The van der Waals surface area contributed by atoms with Crippen molar-refractivity contribution in [2.75, 3.05) is 0 Å². The van der Waals surface area contributed by atoms with Crippen molar-refractivity contribution in [2.24, 2.45) is 0 Å². The Morgan fingerprint density at radius 3 is 1.85 bits per heavy atom. The molecule has 0 aromatic heterocycles. The van der Waals surface area contributed by atoms with Gasteiger partial charge in [0, 0.05) is 0 Å². The third kappa shape index (κ3) is 1.41. The number of hydrogen-bond acceptors (Lipinski definition) is 0. The Hall–Kier alpha value is -1.86. The Morgan fingerprint density at radius 1 is 0.700 bits per heavy atom. The van der Waals surface area contributed by atoms with Crippen LogP contribution in [0.3, 0.4) is 0 Å². The zero-order valence-electron chi connectivity index (χ0n) is 12.1. The predicted molar refractivity (Wildman–Crippen MR) is 92.0 cm³/mol. The molecule has 0 amide bonds. The highest BCUT2D eigenvalue weighted by atomic mass is 28.3. The van der Waals surface area contributed by atoms with Crippen LogP contribution in [0.5, 0.6) is 0 Å². The predicted octanol–water partition coefficient (Wildman–Crippen LogP) is 4.85. The fourth-order valence-corrected chi connectivity index (χ4v) is 5.29. The van der Waals surface area contributed by atoms with Gasteiger partial charge in [0.05, 0.1) is 8.80 Å². The van der Waals surface area contributed by atoms with Crippen LogP contribution in [0.4, 0.5) is 0 Å². The molecule has 0 N–H and O–H groups in total. The lowest BCUT2D eigenvalue weighted by atomic mass is 9.92. The lowest BCUT2D eigenvalue weighted by Gasteiger charge is -2.19. The zero-order chi connectivity index (χ0) is 13.9. The van der Waals surface area contributed by atoms with Crippen molar-refractivity contribution in [3.63, 3.8) is 0 Å². The normalized spacial score (nSPS) is 12.2. The van der Waals surface area contributed by atoms with Gasteiger partial charge in [-0.1, -0.05) is 66.8 Å². The summed E-state index contributed by atoms with van der Waals surface area (Å²) in [5.74, 6) is 0. The first-order valence-electron chi connectivity index (χ1n) is 7.15. The van der Waals surface area contributed by atoms with E-state index in [0.717, 1.165) is 0 Å². The van der Waals surface area contributed by atoms with Gasteiger partial charge in [-0.3, -0.25) is 0 Å². The van der Waals surface area contributed by atoms with E-state index < -0.39 is 8.80 Å². The molecule has 1 radical (unpaired) electrons. The molecule has 0 heterocycles. The van der Waals surface area contributed by atoms with Crippen molar-refractivity contribution in [2.45, 2.75) is 20.0 Å². The molecule has 0 aliphatic rings. The summed E-state index contributed by atoms with van der Waals surface area (Å²) in [5.41, 5.74) is 1.49. The molecule has 0 aliphatic heterocycles. The summed E-state index contributed by atoms with van der Waals surface area (Å²) in [5, 5.41) is 10.2. The average Bonchev–Trinajstić information content (AvgIpc) is 2.45. The first-order chi connectivity index (χ1) is 9.68. The highest BCUT2D eigenvalue weighted by Gasteiger charge is 2.17. The molecule has 0 aliphatic carbocycles. The Kier molecular flexibility index (Phi) is 2.42. The quantitative estimate of drug-likeness (QED) is 0.343. The van der Waals surface area contributed by atoms with E-state index in [1.165, 1.54) is 37.9 Å². The van der Waals surface area contributed by atoms with Crippen molar-refractivity contribution in [3.05, 3.63) is 54.1 Å². The van der Waals surface area contributed by atoms with Gasteiger partial charge in [0.15, 0.2) is 0 Å². The van der Waals surface area contributed by atoms with Crippen molar-refractivity contribution >= 4 is 46.3 Å². The monoisotopic (exact) mass is 273 g/mol. The van der Waals surface area contributed by atoms with Gasteiger partial charge in [0.2, 0.25) is 0 Å². The van der Waals surface area contributed by atoms with E-state index in [4.69, 9.17) is 0 Å². The maximum atomic E-state index is 2.40. The summed E-state index contributed by atoms with van der Waals surface area (Å²) in [6.07, 6.45) is 0. The van der Waals surface area contributed by atoms with Crippen molar-refractivity contribution in [1.82, 2.24) is 0 Å². The average molecular weight is 273 g/mol. The van der Waals surface area contributed by atoms with Crippen molar-refractivity contribution in [3.8, 4) is 0 Å². The lowest BCUT2D eigenvalue weighted by Crippen LogP contribution is -2.26. The second-order valence-corrected chi connectivity index (χ2v) is 8.37. The minimum Gasteiger partial charge on any atom is -0.0671 e. The summed E-state index contributed by atoms with van der Waals surface area (Å²) >= 11 is 0. The maximum Gasteiger partial charge on any atom is 0.0803 e. The van der Waals surface area contributed by atoms with E-state index in [9.17, 15) is 0 Å². The van der Waals surface area contributed by atoms with Crippen molar-refractivity contribution in [1.29, 1.82) is 0 Å². The smallest absolute Gasteiger partial charge is 0.0671 e. The van der Waals surface area contributed by atoms with Crippen LogP contribution in [-0.2, 0) is 0 Å². The van der Waals surface area contributed by atoms with Gasteiger partial charge in [-0.15, -0.1) is 0 Å². The van der Waals surface area contributed by atoms with Gasteiger partial charge >= 0.3 is 0 Å². The topological polar surface area (TPSA) is 0 Å². The van der Waals surface area contributed by atoms with Gasteiger partial charge < -0.3 is 0 Å². The maximum absolute atomic E-state index is 2.40. The van der Waals surface area contributed by atoms with Crippen LogP contribution >= 0.6 is 0 Å². The first-order valence-corrected chi connectivity index (χ1v) is 9.65. The van der Waals surface area contributed by atoms with Crippen LogP contribution < -0.4 is 5.19 Å². The fraction of sp³-hybridized carbons (Fsp3) is 0.158. The molecule has 1 heteroatoms. The molecule has 0 spiro atoms. The highest BCUT2D eigenvalue weighted by Crippen LogP contribution is 2.35. The molecule has 4 rings (SSSR count). The molecule has 0 fully saturated rings. The van der Waals surface area contributed by atoms with Crippen molar-refractivity contribution < 1.29 is 0 Å². The number of rotatable bonds is 1. The molecular formula is C19H17Si. The minimum absolute atomic E-state index is 0.487. The lowest BCUT2D eigenvalue weighted by molar-refractivity contribution is 1.58. The second kappa shape index (κ2) is 4.06. The summed E-state index contributed by atoms with van der Waals surface area (Å²) in [4.78, 5) is 0. The molecule has 4 aromatic carbocycles. The number of benzene rings is 4. The summed E-state index contributed by atoms with van der Waals surface area (Å²) in [7, 11) is -0.487. The zero-order valence-corrected chi connectivity index (χ0v) is 13.1. The van der Waals surface area contributed by atoms with Gasteiger partial charge in [-0.05, 0) is 44.8 Å². The van der Waals surface area contributed by atoms with E-state index in [1.807, 2.05) is 0 Å². The van der Waals surface area contributed by atoms with E-state index in [2.05, 4.69) is 68.5 Å². The molecule has 20 heavy (non-hydrogen) atoms. The van der Waals surface area contributed by atoms with Crippen LogP contribution in [0.15, 0.2) is 48.5 Å². The van der Waals surface area contributed by atoms with E-state index >= 15 is 0 Å². The third-order valence-electron chi connectivity index (χ3n) is 4.43. The van der Waals surface area contributed by atoms with Crippen LogP contribution in [0, 0.1) is 6.92 Å². The molecule has 0 saturated heterocycles. The standard InChI is InChI=1S/C19H17Si/c1-12-15-8-4-6-13-10-11-14-7-5-9-16(18(14)17(13)15)19(12)20(2)3/h4-11H,1-3H3. The molecule has 97 valence electrons. The Balaban J connectivity index is 2.43. The largest absolute Gasteiger partial charge is 0.0803 e. The molecule has 0 bridgehead atoms. The third-order valence-corrected chi connectivity index (χ3v) is 6.08. The summed E-state index contributed by atoms with van der Waals surface area (Å²) in [6, 6.07) is 18.0. The fourth-order valence-electron chi connectivity index (χ4n) is 3.66. The van der Waals surface area contributed by atoms with Crippen LogP contribution in [0.25, 0.3) is 32.3 Å². The van der Waals surface area contributed by atoms with Gasteiger partial charge in [0.1, 0.15) is 0 Å². The second-order valence-electron chi connectivity index (χ2n) is 5.87. The molecule has 0 saturated carbocycles. The first kappa shape index (κ1) is 11.9. The minimum atomic E-state index is -0.487. The van der Waals surface area contributed by atoms with E-state index in [-0.39, 0.29) is 0 Å². The van der Waals surface area contributed by atoms with Gasteiger partial charge in [-0.25, -0.2) is 0 Å². The van der Waals surface area contributed by atoms with Crippen LogP contribution in [0.1, 0.15) is 5.56 Å². The molecular weight excluding hydrogens is 256 g/mol. The Morgan fingerprint density at radius 2 is 1.25 bits per heavy atom. The Bertz CT molecular complexity index is 935. The molecule has 0 atom stereocenters. The van der Waals surface area contributed by atoms with Crippen LogP contribution in [-0.4, -0.2) is 8.80 Å². The van der Waals surface area contributed by atoms with Crippen LogP contribution in [0.2, 0.25) is 13.1 Å². The van der Waals surface area contributed by atoms with Gasteiger partial charge in [0.25, 0.3) is 0 Å². The SMILES string of the molecule is Cc1c([Si](C)C)c2cccc3ccc4cccc1c4c32. The highest BCUT2D eigenvalue weighted by molar-refractivity contribution is 6.74. The summed E-state index contributed by atoms with van der Waals surface area (Å²) in [6.45, 7) is 7.10. The molecule has 4 aromatic rings. The van der Waals surface area contributed by atoms with Gasteiger partial charge in [-0.2, -0.15) is 0 Å². The Labute approximate surface area is 121 Å². The number of aryl methyl sites for hydroxylation is 1. The molecule has 0 unspecified atom stereocenters. The van der Waals surface area contributed by atoms with E-state index in [1.54, 1.807) is 5.19 Å².